The summed E-state index contributed by atoms with van der Waals surface area (Å²) in [6, 6.07) is 0. The first kappa shape index (κ1) is 5.13. The van der Waals surface area contributed by atoms with E-state index >= 15 is 0 Å². The van der Waals surface area contributed by atoms with Gasteiger partial charge in [-0.25, -0.2) is 4.99 Å². The largest absolute Gasteiger partial charge is 0.356 e. The number of hydrogen-bond acceptors (Lipinski definition) is 2. The molecule has 1 heterocycles. The lowest BCUT2D eigenvalue weighted by Crippen LogP contribution is -2.05. The zero-order chi connectivity index (χ0) is 5.82. The summed E-state index contributed by atoms with van der Waals surface area (Å²) in [5.41, 5.74) is 1.14. The molecule has 0 aromatic rings. The zero-order valence-corrected chi connectivity index (χ0v) is 4.81. The molecule has 1 aliphatic heterocycles. The molecule has 0 bridgehead atoms. The Hall–Kier alpha value is -1.01. The summed E-state index contributed by atoms with van der Waals surface area (Å²) in [7, 11) is 0. The Labute approximate surface area is 48.6 Å². The fourth-order valence-corrected chi connectivity index (χ4v) is 0.508. The molecule has 0 aromatic heterocycles. The maximum absolute atomic E-state index is 3.80. The molecule has 1 rings (SSSR count). The molecular weight excluding hydrogens is 100 g/mol. The van der Waals surface area contributed by atoms with Gasteiger partial charge in [-0.15, -0.1) is 0 Å². The monoisotopic (exact) mass is 108 g/mol. The third kappa shape index (κ3) is 0.983. The molecule has 1 N–H and O–H groups in total. The van der Waals surface area contributed by atoms with Crippen LogP contribution in [0.5, 0.6) is 0 Å². The van der Waals surface area contributed by atoms with E-state index in [9.17, 15) is 0 Å². The zero-order valence-electron chi connectivity index (χ0n) is 4.81. The highest BCUT2D eigenvalue weighted by Gasteiger charge is 1.88. The Morgan fingerprint density at radius 2 is 2.75 bits per heavy atom. The summed E-state index contributed by atoms with van der Waals surface area (Å²) in [6.45, 7) is 2.08. The van der Waals surface area contributed by atoms with Crippen molar-refractivity contribution in [2.75, 3.05) is 0 Å². The Kier molecular flexibility index (Phi) is 1.50. The van der Waals surface area contributed by atoms with Crippen LogP contribution in [0.1, 0.15) is 13.3 Å². The first-order valence-electron chi connectivity index (χ1n) is 2.66. The second-order valence-corrected chi connectivity index (χ2v) is 1.55. The number of hydrogen-bond donors (Lipinski definition) is 1. The molecule has 0 spiro atoms. The van der Waals surface area contributed by atoms with E-state index in [-0.39, 0.29) is 0 Å². The highest BCUT2D eigenvalue weighted by atomic mass is 14.9. The molecule has 0 radical (unpaired) electrons. The van der Waals surface area contributed by atoms with Crippen LogP contribution in [0.3, 0.4) is 0 Å². The Morgan fingerprint density at radius 3 is 3.12 bits per heavy atom. The normalized spacial score (nSPS) is 15.4. The van der Waals surface area contributed by atoms with Crippen molar-refractivity contribution in [3.63, 3.8) is 0 Å². The van der Waals surface area contributed by atoms with E-state index in [1.165, 1.54) is 0 Å². The first-order valence-corrected chi connectivity index (χ1v) is 2.66. The Morgan fingerprint density at radius 1 is 1.88 bits per heavy atom. The SMILES string of the molecule is CCC1=CN=C=CN1. The van der Waals surface area contributed by atoms with Crippen LogP contribution in [0.4, 0.5) is 0 Å². The molecule has 0 aromatic carbocycles. The van der Waals surface area contributed by atoms with Crippen LogP contribution >= 0.6 is 0 Å². The lowest BCUT2D eigenvalue weighted by molar-refractivity contribution is 0.934. The van der Waals surface area contributed by atoms with Crippen LogP contribution in [0, 0.1) is 0 Å². The highest BCUT2D eigenvalue weighted by molar-refractivity contribution is 5.54. The minimum Gasteiger partial charge on any atom is -0.356 e. The summed E-state index contributed by atoms with van der Waals surface area (Å²) >= 11 is 0. The molecule has 2 heteroatoms. The van der Waals surface area contributed by atoms with E-state index in [1.807, 2.05) is 0 Å². The molecular formula is C6H8N2. The predicted octanol–water partition coefficient (Wildman–Crippen LogP) is 1.02. The smallest absolute Gasteiger partial charge is 0.0638 e. The minimum absolute atomic E-state index is 1.00. The molecule has 0 amide bonds. The lowest BCUT2D eigenvalue weighted by atomic mass is 10.3. The van der Waals surface area contributed by atoms with Gasteiger partial charge in [0, 0.05) is 11.6 Å². The lowest BCUT2D eigenvalue weighted by Gasteiger charge is -2.01. The van der Waals surface area contributed by atoms with Gasteiger partial charge < -0.3 is 5.32 Å². The van der Waals surface area contributed by atoms with Gasteiger partial charge >= 0.3 is 0 Å². The quantitative estimate of drug-likeness (QED) is 0.533. The third-order valence-corrected chi connectivity index (χ3v) is 0.998. The fourth-order valence-electron chi connectivity index (χ4n) is 0.508. The van der Waals surface area contributed by atoms with Crippen molar-refractivity contribution in [2.45, 2.75) is 13.3 Å². The molecule has 2 nitrogen and oxygen atoms in total. The van der Waals surface area contributed by atoms with E-state index in [0.29, 0.717) is 0 Å². The molecule has 0 saturated heterocycles. The Balaban J connectivity index is 2.63. The van der Waals surface area contributed by atoms with Gasteiger partial charge in [-0.2, -0.15) is 0 Å². The van der Waals surface area contributed by atoms with Crippen molar-refractivity contribution in [3.05, 3.63) is 18.1 Å². The van der Waals surface area contributed by atoms with Crippen molar-refractivity contribution in [1.29, 1.82) is 0 Å². The summed E-state index contributed by atoms with van der Waals surface area (Å²) in [4.78, 5) is 3.80. The molecule has 0 fully saturated rings. The summed E-state index contributed by atoms with van der Waals surface area (Å²) in [6.07, 6.45) is 4.49. The van der Waals surface area contributed by atoms with Crippen molar-refractivity contribution in [3.8, 4) is 0 Å². The molecule has 0 atom stereocenters. The molecule has 8 heavy (non-hydrogen) atoms. The van der Waals surface area contributed by atoms with Crippen molar-refractivity contribution >= 4 is 5.87 Å². The maximum atomic E-state index is 3.80. The average Bonchev–Trinajstić information content (AvgIpc) is 1.90. The van der Waals surface area contributed by atoms with Gasteiger partial charge in [0.2, 0.25) is 0 Å². The van der Waals surface area contributed by atoms with Gasteiger partial charge in [0.1, 0.15) is 0 Å². The van der Waals surface area contributed by atoms with Crippen molar-refractivity contribution < 1.29 is 0 Å². The predicted molar refractivity (Wildman–Crippen MR) is 33.5 cm³/mol. The first-order chi connectivity index (χ1) is 3.93. The molecule has 42 valence electrons. The van der Waals surface area contributed by atoms with Gasteiger partial charge in [0.05, 0.1) is 12.4 Å². The summed E-state index contributed by atoms with van der Waals surface area (Å²) in [5, 5.41) is 3.00. The second-order valence-electron chi connectivity index (χ2n) is 1.55. The van der Waals surface area contributed by atoms with Crippen LogP contribution in [-0.4, -0.2) is 5.87 Å². The van der Waals surface area contributed by atoms with Crippen LogP contribution in [0.15, 0.2) is 23.1 Å². The number of allylic oxidation sites excluding steroid dienone is 1. The van der Waals surface area contributed by atoms with Gasteiger partial charge in [0.15, 0.2) is 0 Å². The Bertz CT molecular complexity index is 161. The van der Waals surface area contributed by atoms with E-state index in [0.717, 1.165) is 12.1 Å². The highest BCUT2D eigenvalue weighted by Crippen LogP contribution is 1.96. The van der Waals surface area contributed by atoms with Crippen LogP contribution < -0.4 is 5.32 Å². The average molecular weight is 108 g/mol. The van der Waals surface area contributed by atoms with Crippen molar-refractivity contribution in [2.24, 2.45) is 4.99 Å². The fraction of sp³-hybridized carbons (Fsp3) is 0.333. The van der Waals surface area contributed by atoms with Crippen LogP contribution in [0.25, 0.3) is 0 Å². The maximum Gasteiger partial charge on any atom is 0.0638 e. The minimum atomic E-state index is 1.00. The second kappa shape index (κ2) is 2.34. The molecule has 1 aliphatic rings. The van der Waals surface area contributed by atoms with Gasteiger partial charge in [-0.1, -0.05) is 6.92 Å². The van der Waals surface area contributed by atoms with Crippen LogP contribution in [0.2, 0.25) is 0 Å². The molecule has 0 unspecified atom stereocenters. The van der Waals surface area contributed by atoms with Gasteiger partial charge in [-0.3, -0.25) is 0 Å². The summed E-state index contributed by atoms with van der Waals surface area (Å²) in [5.74, 6) is 2.66. The van der Waals surface area contributed by atoms with Gasteiger partial charge in [0.25, 0.3) is 0 Å². The van der Waals surface area contributed by atoms with Crippen molar-refractivity contribution in [1.82, 2.24) is 5.32 Å². The molecule has 0 saturated carbocycles. The van der Waals surface area contributed by atoms with E-state index < -0.39 is 0 Å². The number of nitrogens with zero attached hydrogens (tertiary/aromatic N) is 1. The number of nitrogens with one attached hydrogen (secondary N) is 1. The van der Waals surface area contributed by atoms with E-state index in [2.05, 4.69) is 23.1 Å². The standard InChI is InChI=1S/C6H8N2/c1-2-6-5-7-3-4-8-6/h4-5,8H,2H2,1H3. The molecule has 0 aliphatic carbocycles. The van der Waals surface area contributed by atoms with E-state index in [4.69, 9.17) is 0 Å². The van der Waals surface area contributed by atoms with Gasteiger partial charge in [-0.05, 0) is 6.42 Å². The number of aliphatic imine (C=N–C) groups is 1. The topological polar surface area (TPSA) is 24.4 Å². The van der Waals surface area contributed by atoms with Crippen LogP contribution in [-0.2, 0) is 0 Å². The third-order valence-electron chi connectivity index (χ3n) is 0.998. The van der Waals surface area contributed by atoms with E-state index in [1.54, 1.807) is 12.4 Å². The number of rotatable bonds is 1. The summed E-state index contributed by atoms with van der Waals surface area (Å²) < 4.78 is 0.